The Kier molecular flexibility index (Phi) is 5.11. The lowest BCUT2D eigenvalue weighted by molar-refractivity contribution is 0.314. The molecule has 90 valence electrons. The topological polar surface area (TPSA) is 12.0 Å². The van der Waals surface area contributed by atoms with E-state index < -0.39 is 0 Å². The summed E-state index contributed by atoms with van der Waals surface area (Å²) in [5, 5.41) is 3.66. The summed E-state index contributed by atoms with van der Waals surface area (Å²) in [6, 6.07) is 0.832. The summed E-state index contributed by atoms with van der Waals surface area (Å²) in [6.45, 7) is 12.9. The molecule has 0 aliphatic heterocycles. The van der Waals surface area contributed by atoms with Gasteiger partial charge in [0.2, 0.25) is 0 Å². The number of nitrogens with one attached hydrogen (secondary N) is 1. The van der Waals surface area contributed by atoms with Gasteiger partial charge in [0.15, 0.2) is 0 Å². The Morgan fingerprint density at radius 1 is 1.13 bits per heavy atom. The Balaban J connectivity index is 2.46. The minimum atomic E-state index is 0.832. The highest BCUT2D eigenvalue weighted by Crippen LogP contribution is 2.49. The van der Waals surface area contributed by atoms with Crippen molar-refractivity contribution in [2.45, 2.75) is 59.9 Å². The molecule has 0 heterocycles. The third-order valence-electron chi connectivity index (χ3n) is 4.44. The molecule has 0 spiro atoms. The van der Waals surface area contributed by atoms with Crippen LogP contribution in [0.4, 0.5) is 0 Å². The normalized spacial score (nSPS) is 33.8. The summed E-state index contributed by atoms with van der Waals surface area (Å²) < 4.78 is 0. The van der Waals surface area contributed by atoms with Gasteiger partial charge in [-0.15, -0.1) is 0 Å². The molecule has 5 unspecified atom stereocenters. The number of hydrogen-bond donors (Lipinski definition) is 1. The van der Waals surface area contributed by atoms with Gasteiger partial charge in [-0.2, -0.15) is 0 Å². The summed E-state index contributed by atoms with van der Waals surface area (Å²) in [4.78, 5) is 0. The van der Waals surface area contributed by atoms with E-state index in [-0.39, 0.29) is 0 Å². The monoisotopic (exact) mass is 211 g/mol. The highest BCUT2D eigenvalue weighted by molar-refractivity contribution is 5.05. The molecule has 1 fully saturated rings. The van der Waals surface area contributed by atoms with E-state index in [1.54, 1.807) is 0 Å². The molecule has 0 radical (unpaired) electrons. The molecule has 1 aliphatic carbocycles. The quantitative estimate of drug-likeness (QED) is 0.677. The minimum Gasteiger partial charge on any atom is -0.314 e. The van der Waals surface area contributed by atoms with Gasteiger partial charge in [0.1, 0.15) is 0 Å². The van der Waals surface area contributed by atoms with Gasteiger partial charge in [-0.25, -0.2) is 0 Å². The van der Waals surface area contributed by atoms with E-state index in [4.69, 9.17) is 0 Å². The molecular formula is C14H29N. The standard InChI is InChI=1S/C14H29N/c1-6-9-12-13(14(12)15-8-3)11(5)10(4)7-2/h10-15H,6-9H2,1-5H3. The second kappa shape index (κ2) is 5.89. The molecule has 0 amide bonds. The maximum atomic E-state index is 3.66. The van der Waals surface area contributed by atoms with Gasteiger partial charge in [0.05, 0.1) is 0 Å². The summed E-state index contributed by atoms with van der Waals surface area (Å²) in [5.41, 5.74) is 0. The van der Waals surface area contributed by atoms with Crippen LogP contribution in [0.1, 0.15) is 53.9 Å². The second-order valence-electron chi connectivity index (χ2n) is 5.36. The summed E-state index contributed by atoms with van der Waals surface area (Å²) >= 11 is 0. The third kappa shape index (κ3) is 2.96. The molecule has 1 saturated carbocycles. The molecule has 1 heteroatoms. The van der Waals surface area contributed by atoms with Gasteiger partial charge in [-0.05, 0) is 36.6 Å². The molecule has 0 saturated heterocycles. The largest absolute Gasteiger partial charge is 0.314 e. The molecule has 1 aliphatic rings. The smallest absolute Gasteiger partial charge is 0.0133 e. The van der Waals surface area contributed by atoms with Gasteiger partial charge < -0.3 is 5.32 Å². The van der Waals surface area contributed by atoms with Gasteiger partial charge in [0, 0.05) is 6.04 Å². The Morgan fingerprint density at radius 3 is 2.27 bits per heavy atom. The van der Waals surface area contributed by atoms with Crippen LogP contribution in [0.25, 0.3) is 0 Å². The summed E-state index contributed by atoms with van der Waals surface area (Å²) in [7, 11) is 0. The summed E-state index contributed by atoms with van der Waals surface area (Å²) in [6.07, 6.45) is 4.09. The molecule has 5 atom stereocenters. The predicted molar refractivity (Wildman–Crippen MR) is 68.0 cm³/mol. The molecular weight excluding hydrogens is 182 g/mol. The number of hydrogen-bond acceptors (Lipinski definition) is 1. The van der Waals surface area contributed by atoms with Crippen LogP contribution in [-0.2, 0) is 0 Å². The van der Waals surface area contributed by atoms with Crippen molar-refractivity contribution < 1.29 is 0 Å². The van der Waals surface area contributed by atoms with E-state index in [1.807, 2.05) is 0 Å². The highest BCUT2D eigenvalue weighted by atomic mass is 15.0. The molecule has 1 rings (SSSR count). The average Bonchev–Trinajstić information content (AvgIpc) is 2.90. The first-order chi connectivity index (χ1) is 7.17. The summed E-state index contributed by atoms with van der Waals surface area (Å²) in [5.74, 6) is 3.72. The molecule has 0 bridgehead atoms. The van der Waals surface area contributed by atoms with Crippen molar-refractivity contribution >= 4 is 0 Å². The van der Waals surface area contributed by atoms with E-state index in [0.717, 1.165) is 36.3 Å². The lowest BCUT2D eigenvalue weighted by Crippen LogP contribution is -2.21. The van der Waals surface area contributed by atoms with E-state index in [0.29, 0.717) is 0 Å². The van der Waals surface area contributed by atoms with E-state index >= 15 is 0 Å². The molecule has 0 aromatic heterocycles. The Labute approximate surface area is 96.0 Å². The van der Waals surface area contributed by atoms with E-state index in [1.165, 1.54) is 19.3 Å². The second-order valence-corrected chi connectivity index (χ2v) is 5.36. The molecule has 15 heavy (non-hydrogen) atoms. The zero-order valence-corrected chi connectivity index (χ0v) is 11.2. The minimum absolute atomic E-state index is 0.832. The van der Waals surface area contributed by atoms with Gasteiger partial charge in [-0.1, -0.05) is 47.5 Å². The Hall–Kier alpha value is -0.0400. The van der Waals surface area contributed by atoms with Crippen molar-refractivity contribution in [3.8, 4) is 0 Å². The van der Waals surface area contributed by atoms with Crippen LogP contribution >= 0.6 is 0 Å². The van der Waals surface area contributed by atoms with Crippen LogP contribution in [0, 0.1) is 23.7 Å². The first-order valence-electron chi connectivity index (χ1n) is 6.90. The van der Waals surface area contributed by atoms with Gasteiger partial charge in [0.25, 0.3) is 0 Å². The van der Waals surface area contributed by atoms with Crippen molar-refractivity contribution in [1.82, 2.24) is 5.32 Å². The number of rotatable bonds is 7. The third-order valence-corrected chi connectivity index (χ3v) is 4.44. The van der Waals surface area contributed by atoms with Crippen molar-refractivity contribution in [3.05, 3.63) is 0 Å². The van der Waals surface area contributed by atoms with Crippen molar-refractivity contribution in [3.63, 3.8) is 0 Å². The lowest BCUT2D eigenvalue weighted by atomic mass is 9.88. The van der Waals surface area contributed by atoms with Crippen LogP contribution in [0.15, 0.2) is 0 Å². The highest BCUT2D eigenvalue weighted by Gasteiger charge is 2.51. The van der Waals surface area contributed by atoms with Crippen molar-refractivity contribution in [2.75, 3.05) is 6.54 Å². The fourth-order valence-electron chi connectivity index (χ4n) is 3.10. The van der Waals surface area contributed by atoms with E-state index in [9.17, 15) is 0 Å². The lowest BCUT2D eigenvalue weighted by Gasteiger charge is -2.18. The Bertz CT molecular complexity index is 166. The van der Waals surface area contributed by atoms with Crippen LogP contribution in [-0.4, -0.2) is 12.6 Å². The maximum Gasteiger partial charge on any atom is 0.0133 e. The van der Waals surface area contributed by atoms with Gasteiger partial charge >= 0.3 is 0 Å². The molecule has 0 aromatic carbocycles. The zero-order chi connectivity index (χ0) is 11.4. The van der Waals surface area contributed by atoms with Crippen molar-refractivity contribution in [2.24, 2.45) is 23.7 Å². The predicted octanol–water partition coefficient (Wildman–Crippen LogP) is 3.69. The van der Waals surface area contributed by atoms with Crippen LogP contribution in [0.5, 0.6) is 0 Å². The zero-order valence-electron chi connectivity index (χ0n) is 11.2. The van der Waals surface area contributed by atoms with Crippen LogP contribution in [0.2, 0.25) is 0 Å². The SMILES string of the molecule is CCCC1C(NCC)C1C(C)C(C)CC. The molecule has 1 N–H and O–H groups in total. The fraction of sp³-hybridized carbons (Fsp3) is 1.00. The van der Waals surface area contributed by atoms with Crippen molar-refractivity contribution in [1.29, 1.82) is 0 Å². The fourth-order valence-corrected chi connectivity index (χ4v) is 3.10. The molecule has 0 aromatic rings. The van der Waals surface area contributed by atoms with Crippen LogP contribution < -0.4 is 5.32 Å². The maximum absolute atomic E-state index is 3.66. The first kappa shape index (κ1) is 13.0. The van der Waals surface area contributed by atoms with Crippen LogP contribution in [0.3, 0.4) is 0 Å². The van der Waals surface area contributed by atoms with E-state index in [2.05, 4.69) is 39.9 Å². The first-order valence-corrected chi connectivity index (χ1v) is 6.90. The Morgan fingerprint density at radius 2 is 1.80 bits per heavy atom. The average molecular weight is 211 g/mol. The molecule has 1 nitrogen and oxygen atoms in total. The van der Waals surface area contributed by atoms with Gasteiger partial charge in [-0.3, -0.25) is 0 Å².